The highest BCUT2D eigenvalue weighted by Crippen LogP contribution is 2.30. The Balaban J connectivity index is 1.44. The second-order valence-corrected chi connectivity index (χ2v) is 8.21. The summed E-state index contributed by atoms with van der Waals surface area (Å²) in [5.74, 6) is 3.41. The maximum Gasteiger partial charge on any atom is 0.230 e. The molecule has 5 heterocycles. The van der Waals surface area contributed by atoms with Gasteiger partial charge in [0.25, 0.3) is 0 Å². The zero-order chi connectivity index (χ0) is 18.3. The van der Waals surface area contributed by atoms with Crippen LogP contribution >= 0.6 is 0 Å². The van der Waals surface area contributed by atoms with E-state index in [1.54, 1.807) is 0 Å². The van der Waals surface area contributed by atoms with Gasteiger partial charge < -0.3 is 8.94 Å². The highest BCUT2D eigenvalue weighted by atomic mass is 16.5. The summed E-state index contributed by atoms with van der Waals surface area (Å²) in [6, 6.07) is 0.545. The Morgan fingerprint density at radius 2 is 1.92 bits per heavy atom. The summed E-state index contributed by atoms with van der Waals surface area (Å²) in [5, 5.41) is 12.5. The van der Waals surface area contributed by atoms with E-state index >= 15 is 0 Å². The zero-order valence-corrected chi connectivity index (χ0v) is 16.2. The van der Waals surface area contributed by atoms with Crippen LogP contribution in [0.25, 0.3) is 0 Å². The third kappa shape index (κ3) is 3.55. The average Bonchev–Trinajstić information content (AvgIpc) is 3.07. The third-order valence-electron chi connectivity index (χ3n) is 5.78. The number of hydrogen-bond acceptors (Lipinski definition) is 7. The van der Waals surface area contributed by atoms with Gasteiger partial charge in [-0.25, -0.2) is 0 Å². The SMILES string of the molecule is Cc1noc(C)c1CN1C[C@H]2CC[C@@H](C1)N(Cc1nnc(C(C)C)o1)C2. The van der Waals surface area contributed by atoms with Gasteiger partial charge in [-0.05, 0) is 32.6 Å². The molecule has 3 aliphatic rings. The van der Waals surface area contributed by atoms with Crippen LogP contribution in [0.3, 0.4) is 0 Å². The largest absolute Gasteiger partial charge is 0.424 e. The molecule has 2 aromatic heterocycles. The van der Waals surface area contributed by atoms with Gasteiger partial charge in [0.05, 0.1) is 12.2 Å². The van der Waals surface area contributed by atoms with Gasteiger partial charge in [0.2, 0.25) is 11.8 Å². The smallest absolute Gasteiger partial charge is 0.230 e. The molecular weight excluding hydrogens is 330 g/mol. The zero-order valence-electron chi connectivity index (χ0n) is 16.2. The van der Waals surface area contributed by atoms with Crippen molar-refractivity contribution < 1.29 is 8.94 Å². The molecular formula is C19H29N5O2. The highest BCUT2D eigenvalue weighted by Gasteiger charge is 2.35. The standard InChI is InChI=1S/C19H29N5O2/c1-12(2)19-21-20-18(25-19)11-24-8-15-5-6-16(24)9-23(7-15)10-17-13(3)22-26-14(17)4/h12,15-16H,5-11H2,1-4H3/t15-,16+/m1/s1. The minimum absolute atomic E-state index is 0.280. The molecule has 26 heavy (non-hydrogen) atoms. The molecule has 0 unspecified atom stereocenters. The molecule has 0 aliphatic carbocycles. The Kier molecular flexibility index (Phi) is 4.84. The Bertz CT molecular complexity index is 733. The van der Waals surface area contributed by atoms with E-state index in [1.807, 2.05) is 13.8 Å². The lowest BCUT2D eigenvalue weighted by Crippen LogP contribution is -2.43. The van der Waals surface area contributed by atoms with Gasteiger partial charge >= 0.3 is 0 Å². The van der Waals surface area contributed by atoms with Gasteiger partial charge in [-0.15, -0.1) is 10.2 Å². The molecule has 0 spiro atoms. The lowest BCUT2D eigenvalue weighted by molar-refractivity contribution is 0.111. The first kappa shape index (κ1) is 17.7. The molecule has 0 aromatic carbocycles. The number of nitrogens with zero attached hydrogens (tertiary/aromatic N) is 5. The molecule has 7 nitrogen and oxygen atoms in total. The Morgan fingerprint density at radius 3 is 2.62 bits per heavy atom. The number of aryl methyl sites for hydroxylation is 2. The van der Waals surface area contributed by atoms with Crippen molar-refractivity contribution in [2.75, 3.05) is 19.6 Å². The van der Waals surface area contributed by atoms with Crippen molar-refractivity contribution in [3.05, 3.63) is 28.8 Å². The topological polar surface area (TPSA) is 71.4 Å². The minimum Gasteiger partial charge on any atom is -0.424 e. The number of hydrogen-bond donors (Lipinski definition) is 0. The van der Waals surface area contributed by atoms with Crippen molar-refractivity contribution in [1.82, 2.24) is 25.2 Å². The van der Waals surface area contributed by atoms with Crippen molar-refractivity contribution in [3.63, 3.8) is 0 Å². The lowest BCUT2D eigenvalue weighted by atomic mass is 9.95. The first-order valence-corrected chi connectivity index (χ1v) is 9.70. The minimum atomic E-state index is 0.280. The third-order valence-corrected chi connectivity index (χ3v) is 5.78. The van der Waals surface area contributed by atoms with E-state index in [-0.39, 0.29) is 5.92 Å². The Morgan fingerprint density at radius 1 is 1.08 bits per heavy atom. The van der Waals surface area contributed by atoms with E-state index in [0.29, 0.717) is 12.0 Å². The van der Waals surface area contributed by atoms with Gasteiger partial charge in [0.1, 0.15) is 5.76 Å². The average molecular weight is 359 g/mol. The Hall–Kier alpha value is -1.73. The van der Waals surface area contributed by atoms with Gasteiger partial charge in [0.15, 0.2) is 0 Å². The van der Waals surface area contributed by atoms with Crippen molar-refractivity contribution in [2.24, 2.45) is 5.92 Å². The van der Waals surface area contributed by atoms with E-state index < -0.39 is 0 Å². The summed E-state index contributed by atoms with van der Waals surface area (Å²) >= 11 is 0. The van der Waals surface area contributed by atoms with E-state index in [0.717, 1.165) is 56.0 Å². The molecule has 0 N–H and O–H groups in total. The molecule has 3 fully saturated rings. The van der Waals surface area contributed by atoms with E-state index in [9.17, 15) is 0 Å². The van der Waals surface area contributed by atoms with Gasteiger partial charge in [-0.1, -0.05) is 19.0 Å². The molecule has 0 radical (unpaired) electrons. The molecule has 3 aliphatic heterocycles. The van der Waals surface area contributed by atoms with E-state index in [1.165, 1.54) is 18.4 Å². The fraction of sp³-hybridized carbons (Fsp3) is 0.737. The molecule has 2 atom stereocenters. The first-order chi connectivity index (χ1) is 12.5. The fourth-order valence-electron chi connectivity index (χ4n) is 4.29. The monoisotopic (exact) mass is 359 g/mol. The van der Waals surface area contributed by atoms with Gasteiger partial charge in [0, 0.05) is 43.7 Å². The van der Waals surface area contributed by atoms with Crippen molar-refractivity contribution >= 4 is 0 Å². The molecule has 5 rings (SSSR count). The summed E-state index contributed by atoms with van der Waals surface area (Å²) in [7, 11) is 0. The molecule has 0 saturated carbocycles. The van der Waals surface area contributed by atoms with Crippen LogP contribution in [0.1, 0.15) is 61.4 Å². The fourth-order valence-corrected chi connectivity index (χ4v) is 4.29. The molecule has 142 valence electrons. The maximum atomic E-state index is 5.84. The summed E-state index contributed by atoms with van der Waals surface area (Å²) in [6.07, 6.45) is 2.55. The van der Waals surface area contributed by atoms with Crippen molar-refractivity contribution in [3.8, 4) is 0 Å². The van der Waals surface area contributed by atoms with E-state index in [2.05, 4.69) is 39.0 Å². The summed E-state index contributed by atoms with van der Waals surface area (Å²) < 4.78 is 11.2. The van der Waals surface area contributed by atoms with Crippen LogP contribution in [0.2, 0.25) is 0 Å². The number of fused-ring (bicyclic) bond motifs is 4. The number of aromatic nitrogens is 3. The molecule has 3 saturated heterocycles. The predicted octanol–water partition coefficient (Wildman–Crippen LogP) is 2.89. The molecule has 2 bridgehead atoms. The normalized spacial score (nSPS) is 24.5. The Labute approximate surface area is 154 Å². The molecule has 7 heteroatoms. The maximum absolute atomic E-state index is 5.84. The summed E-state index contributed by atoms with van der Waals surface area (Å²) in [6.45, 7) is 13.2. The lowest BCUT2D eigenvalue weighted by Gasteiger charge is -2.35. The van der Waals surface area contributed by atoms with Gasteiger partial charge in [-0.3, -0.25) is 9.80 Å². The molecule has 2 aromatic rings. The van der Waals surface area contributed by atoms with Crippen LogP contribution in [0.4, 0.5) is 0 Å². The van der Waals surface area contributed by atoms with Crippen LogP contribution in [0, 0.1) is 19.8 Å². The van der Waals surface area contributed by atoms with Gasteiger partial charge in [-0.2, -0.15) is 0 Å². The predicted molar refractivity (Wildman–Crippen MR) is 96.6 cm³/mol. The number of piperidine rings is 1. The van der Waals surface area contributed by atoms with Crippen LogP contribution in [0.15, 0.2) is 8.94 Å². The second kappa shape index (κ2) is 7.12. The quantitative estimate of drug-likeness (QED) is 0.813. The highest BCUT2D eigenvalue weighted by molar-refractivity contribution is 5.20. The number of rotatable bonds is 5. The van der Waals surface area contributed by atoms with Crippen molar-refractivity contribution in [2.45, 2.75) is 65.6 Å². The van der Waals surface area contributed by atoms with Crippen LogP contribution in [0.5, 0.6) is 0 Å². The summed E-state index contributed by atoms with van der Waals surface area (Å²) in [5.41, 5.74) is 2.26. The van der Waals surface area contributed by atoms with Crippen LogP contribution in [-0.4, -0.2) is 50.8 Å². The molecule has 0 amide bonds. The van der Waals surface area contributed by atoms with Crippen molar-refractivity contribution in [1.29, 1.82) is 0 Å². The summed E-state index contributed by atoms with van der Waals surface area (Å²) in [4.78, 5) is 5.11. The second-order valence-electron chi connectivity index (χ2n) is 8.21. The van der Waals surface area contributed by atoms with Crippen LogP contribution < -0.4 is 0 Å². The first-order valence-electron chi connectivity index (χ1n) is 9.70. The van der Waals surface area contributed by atoms with E-state index in [4.69, 9.17) is 8.94 Å². The van der Waals surface area contributed by atoms with Crippen LogP contribution in [-0.2, 0) is 13.1 Å².